The van der Waals surface area contributed by atoms with E-state index in [1.54, 1.807) is 43.6 Å². The van der Waals surface area contributed by atoms with Crippen molar-refractivity contribution in [3.8, 4) is 23.3 Å². The van der Waals surface area contributed by atoms with Gasteiger partial charge in [0.15, 0.2) is 5.82 Å². The minimum absolute atomic E-state index is 0.371. The average Bonchev–Trinajstić information content (AvgIpc) is 2.62. The largest absolute Gasteiger partial charge is 0.481 e. The van der Waals surface area contributed by atoms with Gasteiger partial charge in [-0.1, -0.05) is 12.1 Å². The van der Waals surface area contributed by atoms with Gasteiger partial charge in [-0.15, -0.1) is 0 Å². The molecule has 0 fully saturated rings. The highest BCUT2D eigenvalue weighted by Gasteiger charge is 2.09. The number of methoxy groups -OCH3 is 1. The van der Waals surface area contributed by atoms with E-state index in [0.717, 1.165) is 5.69 Å². The van der Waals surface area contributed by atoms with E-state index in [1.807, 2.05) is 6.07 Å². The molecule has 7 nitrogen and oxygen atoms in total. The van der Waals surface area contributed by atoms with Gasteiger partial charge >= 0.3 is 0 Å². The van der Waals surface area contributed by atoms with Crippen LogP contribution >= 0.6 is 0 Å². The topological polar surface area (TPSA) is 96.6 Å². The molecule has 3 rings (SSSR count). The van der Waals surface area contributed by atoms with Crippen LogP contribution in [0.25, 0.3) is 11.4 Å². The van der Waals surface area contributed by atoms with Crippen molar-refractivity contribution in [3.05, 3.63) is 54.5 Å². The van der Waals surface area contributed by atoms with E-state index in [0.29, 0.717) is 28.8 Å². The number of rotatable bonds is 4. The van der Waals surface area contributed by atoms with Gasteiger partial charge < -0.3 is 10.1 Å². The monoisotopic (exact) mass is 304 g/mol. The summed E-state index contributed by atoms with van der Waals surface area (Å²) < 4.78 is 5.08. The molecule has 23 heavy (non-hydrogen) atoms. The van der Waals surface area contributed by atoms with Gasteiger partial charge in [0, 0.05) is 23.5 Å². The molecule has 0 aliphatic heterocycles. The summed E-state index contributed by atoms with van der Waals surface area (Å²) >= 11 is 0. The van der Waals surface area contributed by atoms with E-state index in [2.05, 4.69) is 31.3 Å². The highest BCUT2D eigenvalue weighted by molar-refractivity contribution is 5.65. The lowest BCUT2D eigenvalue weighted by molar-refractivity contribution is 0.398. The Morgan fingerprint density at radius 2 is 2.00 bits per heavy atom. The van der Waals surface area contributed by atoms with Gasteiger partial charge in [-0.2, -0.15) is 10.2 Å². The Hall–Kier alpha value is -3.53. The molecule has 112 valence electrons. The maximum Gasteiger partial charge on any atom is 0.230 e. The van der Waals surface area contributed by atoms with Crippen LogP contribution in [-0.2, 0) is 0 Å². The fraction of sp³-hybridized carbons (Fsp3) is 0.0625. The third-order valence-electron chi connectivity index (χ3n) is 3.06. The van der Waals surface area contributed by atoms with E-state index in [4.69, 9.17) is 4.74 Å². The Morgan fingerprint density at radius 3 is 2.83 bits per heavy atom. The zero-order chi connectivity index (χ0) is 16.1. The molecular weight excluding hydrogens is 292 g/mol. The van der Waals surface area contributed by atoms with Crippen molar-refractivity contribution >= 4 is 11.6 Å². The van der Waals surface area contributed by atoms with Crippen molar-refractivity contribution in [3.63, 3.8) is 0 Å². The van der Waals surface area contributed by atoms with Crippen molar-refractivity contribution in [1.29, 1.82) is 5.26 Å². The molecule has 7 heteroatoms. The summed E-state index contributed by atoms with van der Waals surface area (Å²) in [6.07, 6.45) is 3.02. The number of anilines is 2. The standard InChI is InChI=1S/C16H12N6O/c1-23-14-8-12(6-7-18-14)21-16-20-10-19-15(22-16)13-5-3-2-4-11(13)9-17/h2-8,10H,1H3,(H,18,19,20,21,22). The van der Waals surface area contributed by atoms with Crippen molar-refractivity contribution in [2.45, 2.75) is 0 Å². The third-order valence-corrected chi connectivity index (χ3v) is 3.06. The second kappa shape index (κ2) is 6.49. The minimum Gasteiger partial charge on any atom is -0.481 e. The molecule has 3 aromatic rings. The lowest BCUT2D eigenvalue weighted by Gasteiger charge is -2.07. The molecule has 0 saturated carbocycles. The van der Waals surface area contributed by atoms with E-state index >= 15 is 0 Å². The molecular formula is C16H12N6O. The summed E-state index contributed by atoms with van der Waals surface area (Å²) in [5.41, 5.74) is 1.91. The zero-order valence-electron chi connectivity index (χ0n) is 12.3. The number of hydrogen-bond donors (Lipinski definition) is 1. The number of hydrogen-bond acceptors (Lipinski definition) is 7. The second-order valence-electron chi connectivity index (χ2n) is 4.50. The fourth-order valence-electron chi connectivity index (χ4n) is 1.99. The summed E-state index contributed by atoms with van der Waals surface area (Å²) in [5, 5.41) is 12.2. The van der Waals surface area contributed by atoms with Crippen LogP contribution in [0.5, 0.6) is 5.88 Å². The third kappa shape index (κ3) is 3.22. The highest BCUT2D eigenvalue weighted by atomic mass is 16.5. The van der Waals surface area contributed by atoms with Crippen LogP contribution in [0.1, 0.15) is 5.56 Å². The predicted octanol–water partition coefficient (Wildman–Crippen LogP) is 2.56. The molecule has 0 atom stereocenters. The van der Waals surface area contributed by atoms with Crippen LogP contribution in [-0.4, -0.2) is 27.0 Å². The molecule has 0 saturated heterocycles. The molecule has 2 heterocycles. The number of aromatic nitrogens is 4. The van der Waals surface area contributed by atoms with Crippen LogP contribution < -0.4 is 10.1 Å². The van der Waals surface area contributed by atoms with E-state index in [1.165, 1.54) is 6.33 Å². The fourth-order valence-corrected chi connectivity index (χ4v) is 1.99. The summed E-state index contributed by atoms with van der Waals surface area (Å²) in [4.78, 5) is 16.6. The quantitative estimate of drug-likeness (QED) is 0.791. The van der Waals surface area contributed by atoms with Crippen LogP contribution in [0.15, 0.2) is 48.9 Å². The molecule has 0 bridgehead atoms. The number of nitrogens with one attached hydrogen (secondary N) is 1. The van der Waals surface area contributed by atoms with Crippen LogP contribution in [0, 0.1) is 11.3 Å². The van der Waals surface area contributed by atoms with Crippen LogP contribution in [0.4, 0.5) is 11.6 Å². The van der Waals surface area contributed by atoms with Gasteiger partial charge in [-0.25, -0.2) is 15.0 Å². The van der Waals surface area contributed by atoms with Gasteiger partial charge in [-0.05, 0) is 18.2 Å². The van der Waals surface area contributed by atoms with E-state index < -0.39 is 0 Å². The normalized spacial score (nSPS) is 9.91. The lowest BCUT2D eigenvalue weighted by Crippen LogP contribution is -2.01. The predicted molar refractivity (Wildman–Crippen MR) is 84.0 cm³/mol. The second-order valence-corrected chi connectivity index (χ2v) is 4.50. The number of nitrogens with zero attached hydrogens (tertiary/aromatic N) is 5. The van der Waals surface area contributed by atoms with Crippen molar-refractivity contribution in [1.82, 2.24) is 19.9 Å². The number of ether oxygens (including phenoxy) is 1. The van der Waals surface area contributed by atoms with Crippen LogP contribution in [0.2, 0.25) is 0 Å². The smallest absolute Gasteiger partial charge is 0.230 e. The number of benzene rings is 1. The zero-order valence-corrected chi connectivity index (χ0v) is 12.3. The molecule has 1 N–H and O–H groups in total. The molecule has 0 unspecified atom stereocenters. The Morgan fingerprint density at radius 1 is 1.13 bits per heavy atom. The first kappa shape index (κ1) is 14.4. The molecule has 0 aliphatic rings. The van der Waals surface area contributed by atoms with Crippen molar-refractivity contribution in [2.24, 2.45) is 0 Å². The van der Waals surface area contributed by atoms with Gasteiger partial charge in [-0.3, -0.25) is 0 Å². The van der Waals surface area contributed by atoms with E-state index in [-0.39, 0.29) is 0 Å². The Bertz CT molecular complexity index is 874. The summed E-state index contributed by atoms with van der Waals surface area (Å²) in [5.74, 6) is 1.29. The Kier molecular flexibility index (Phi) is 4.07. The molecule has 0 spiro atoms. The molecule has 1 aromatic carbocycles. The van der Waals surface area contributed by atoms with Gasteiger partial charge in [0.05, 0.1) is 18.7 Å². The van der Waals surface area contributed by atoms with Gasteiger partial charge in [0.1, 0.15) is 6.33 Å². The van der Waals surface area contributed by atoms with Gasteiger partial charge in [0.2, 0.25) is 11.8 Å². The first-order valence-corrected chi connectivity index (χ1v) is 6.76. The average molecular weight is 304 g/mol. The Balaban J connectivity index is 1.92. The van der Waals surface area contributed by atoms with Crippen molar-refractivity contribution in [2.75, 3.05) is 12.4 Å². The highest BCUT2D eigenvalue weighted by Crippen LogP contribution is 2.21. The Labute approximate surface area is 132 Å². The summed E-state index contributed by atoms with van der Waals surface area (Å²) in [6.45, 7) is 0. The number of pyridine rings is 1. The lowest BCUT2D eigenvalue weighted by atomic mass is 10.1. The van der Waals surface area contributed by atoms with Crippen LogP contribution in [0.3, 0.4) is 0 Å². The SMILES string of the molecule is COc1cc(Nc2ncnc(-c3ccccc3C#N)n2)ccn1. The maximum atomic E-state index is 9.18. The first-order chi connectivity index (χ1) is 11.3. The molecule has 0 radical (unpaired) electrons. The minimum atomic E-state index is 0.371. The molecule has 0 amide bonds. The first-order valence-electron chi connectivity index (χ1n) is 6.76. The number of nitriles is 1. The van der Waals surface area contributed by atoms with Crippen molar-refractivity contribution < 1.29 is 4.74 Å². The van der Waals surface area contributed by atoms with E-state index in [9.17, 15) is 5.26 Å². The van der Waals surface area contributed by atoms with Gasteiger partial charge in [0.25, 0.3) is 0 Å². The summed E-state index contributed by atoms with van der Waals surface area (Å²) in [7, 11) is 1.55. The molecule has 2 aromatic heterocycles. The summed E-state index contributed by atoms with van der Waals surface area (Å²) in [6, 6.07) is 12.8. The molecule has 0 aliphatic carbocycles. The maximum absolute atomic E-state index is 9.18.